The molecule has 1 saturated heterocycles. The number of nitrogens with zero attached hydrogens (tertiary/aromatic N) is 1. The fourth-order valence-corrected chi connectivity index (χ4v) is 2.31. The minimum absolute atomic E-state index is 0.0602. The fraction of sp³-hybridized carbons (Fsp3) is 0.500. The zero-order valence-corrected chi connectivity index (χ0v) is 11.2. The summed E-state index contributed by atoms with van der Waals surface area (Å²) in [6.45, 7) is -0.236. The maximum absolute atomic E-state index is 12.7. The van der Waals surface area contributed by atoms with E-state index in [1.165, 1.54) is 17.0 Å². The summed E-state index contributed by atoms with van der Waals surface area (Å²) < 4.78 is 38.0. The van der Waals surface area contributed by atoms with Crippen LogP contribution in [0.5, 0.6) is 5.75 Å². The monoisotopic (exact) mass is 303 g/mol. The standard InChI is InChI=1S/C14H16F3NO3/c15-14(16,17)13(21)5-7-18(8-6-13)12(20)9-10-1-3-11(19)4-2-10/h1-4,19,21H,5-9H2. The zero-order chi connectivity index (χ0) is 15.7. The summed E-state index contributed by atoms with van der Waals surface area (Å²) >= 11 is 0. The number of hydrogen-bond donors (Lipinski definition) is 2. The first-order valence-corrected chi connectivity index (χ1v) is 6.56. The molecule has 0 aromatic heterocycles. The van der Waals surface area contributed by atoms with Crippen molar-refractivity contribution in [3.8, 4) is 5.75 Å². The normalized spacial score (nSPS) is 18.6. The lowest BCUT2D eigenvalue weighted by molar-refractivity contribution is -0.272. The van der Waals surface area contributed by atoms with Crippen molar-refractivity contribution < 1.29 is 28.2 Å². The molecule has 0 saturated carbocycles. The van der Waals surface area contributed by atoms with Crippen LogP contribution in [0.25, 0.3) is 0 Å². The van der Waals surface area contributed by atoms with Gasteiger partial charge in [0, 0.05) is 25.9 Å². The van der Waals surface area contributed by atoms with Crippen LogP contribution >= 0.6 is 0 Å². The molecule has 1 fully saturated rings. The molecule has 2 N–H and O–H groups in total. The summed E-state index contributed by atoms with van der Waals surface area (Å²) in [5.41, 5.74) is -2.02. The first-order valence-electron chi connectivity index (χ1n) is 6.56. The summed E-state index contributed by atoms with van der Waals surface area (Å²) in [6.07, 6.45) is -5.61. The molecule has 0 aliphatic carbocycles. The van der Waals surface area contributed by atoms with Gasteiger partial charge in [0.1, 0.15) is 5.75 Å². The molecule has 1 aliphatic rings. The number of amides is 1. The van der Waals surface area contributed by atoms with E-state index in [4.69, 9.17) is 5.11 Å². The second kappa shape index (κ2) is 5.55. The third-order valence-electron chi connectivity index (χ3n) is 3.76. The highest BCUT2D eigenvalue weighted by Gasteiger charge is 2.54. The van der Waals surface area contributed by atoms with Crippen LogP contribution < -0.4 is 0 Å². The van der Waals surface area contributed by atoms with Crippen molar-refractivity contribution in [1.29, 1.82) is 0 Å². The average molecular weight is 303 g/mol. The topological polar surface area (TPSA) is 60.8 Å². The highest BCUT2D eigenvalue weighted by Crippen LogP contribution is 2.38. The van der Waals surface area contributed by atoms with Crippen molar-refractivity contribution in [3.05, 3.63) is 29.8 Å². The SMILES string of the molecule is O=C(Cc1ccc(O)cc1)N1CCC(O)(C(F)(F)F)CC1. The number of phenolic OH excluding ortho intramolecular Hbond substituents is 1. The Labute approximate surface area is 119 Å². The Morgan fingerprint density at radius 2 is 1.71 bits per heavy atom. The molecule has 1 aromatic carbocycles. The van der Waals surface area contributed by atoms with Gasteiger partial charge in [-0.3, -0.25) is 4.79 Å². The third-order valence-corrected chi connectivity index (χ3v) is 3.76. The minimum Gasteiger partial charge on any atom is -0.508 e. The van der Waals surface area contributed by atoms with Crippen molar-refractivity contribution in [3.63, 3.8) is 0 Å². The highest BCUT2D eigenvalue weighted by molar-refractivity contribution is 5.79. The Balaban J connectivity index is 1.93. The number of aliphatic hydroxyl groups is 1. The maximum atomic E-state index is 12.7. The number of aromatic hydroxyl groups is 1. The number of phenols is 1. The number of benzene rings is 1. The van der Waals surface area contributed by atoms with E-state index in [1.54, 1.807) is 12.1 Å². The smallest absolute Gasteiger partial charge is 0.417 e. The number of carbonyl (C=O) groups is 1. The van der Waals surface area contributed by atoms with Crippen LogP contribution in [0.2, 0.25) is 0 Å². The van der Waals surface area contributed by atoms with Crippen LogP contribution in [0.15, 0.2) is 24.3 Å². The predicted octanol–water partition coefficient (Wildman–Crippen LogP) is 1.85. The Morgan fingerprint density at radius 1 is 1.19 bits per heavy atom. The van der Waals surface area contributed by atoms with Gasteiger partial charge in [0.25, 0.3) is 0 Å². The van der Waals surface area contributed by atoms with E-state index < -0.39 is 24.6 Å². The van der Waals surface area contributed by atoms with Crippen LogP contribution in [0.4, 0.5) is 13.2 Å². The van der Waals surface area contributed by atoms with E-state index in [2.05, 4.69) is 0 Å². The molecule has 2 rings (SSSR count). The zero-order valence-electron chi connectivity index (χ0n) is 11.2. The van der Waals surface area contributed by atoms with Crippen molar-refractivity contribution in [1.82, 2.24) is 4.90 Å². The van der Waals surface area contributed by atoms with Crippen molar-refractivity contribution in [2.24, 2.45) is 0 Å². The molecular formula is C14H16F3NO3. The molecule has 7 heteroatoms. The molecule has 116 valence electrons. The van der Waals surface area contributed by atoms with Gasteiger partial charge in [0.05, 0.1) is 6.42 Å². The first-order chi connectivity index (χ1) is 9.71. The Morgan fingerprint density at radius 3 is 2.19 bits per heavy atom. The maximum Gasteiger partial charge on any atom is 0.417 e. The van der Waals surface area contributed by atoms with E-state index in [0.29, 0.717) is 5.56 Å². The van der Waals surface area contributed by atoms with Crippen LogP contribution in [0, 0.1) is 0 Å². The van der Waals surface area contributed by atoms with Gasteiger partial charge < -0.3 is 15.1 Å². The van der Waals surface area contributed by atoms with Gasteiger partial charge in [-0.25, -0.2) is 0 Å². The number of hydrogen-bond acceptors (Lipinski definition) is 3. The van der Waals surface area contributed by atoms with Crippen molar-refractivity contribution in [2.75, 3.05) is 13.1 Å². The van der Waals surface area contributed by atoms with Gasteiger partial charge >= 0.3 is 6.18 Å². The first kappa shape index (κ1) is 15.6. The van der Waals surface area contributed by atoms with Gasteiger partial charge in [-0.05, 0) is 17.7 Å². The van der Waals surface area contributed by atoms with Gasteiger partial charge in [-0.2, -0.15) is 13.2 Å². The summed E-state index contributed by atoms with van der Waals surface area (Å²) in [7, 11) is 0. The molecule has 1 aromatic rings. The van der Waals surface area contributed by atoms with Crippen LogP contribution in [-0.2, 0) is 11.2 Å². The lowest BCUT2D eigenvalue weighted by atomic mass is 9.90. The second-order valence-electron chi connectivity index (χ2n) is 5.25. The Kier molecular flexibility index (Phi) is 4.13. The van der Waals surface area contributed by atoms with Gasteiger partial charge in [-0.15, -0.1) is 0 Å². The Hall–Kier alpha value is -1.76. The minimum atomic E-state index is -4.67. The van der Waals surface area contributed by atoms with Crippen molar-refractivity contribution >= 4 is 5.91 Å². The lowest BCUT2D eigenvalue weighted by Crippen LogP contribution is -2.54. The van der Waals surface area contributed by atoms with Crippen LogP contribution in [-0.4, -0.2) is 45.9 Å². The van der Waals surface area contributed by atoms with E-state index in [-0.39, 0.29) is 31.2 Å². The molecule has 1 amide bonds. The lowest BCUT2D eigenvalue weighted by Gasteiger charge is -2.39. The molecule has 1 heterocycles. The quantitative estimate of drug-likeness (QED) is 0.876. The van der Waals surface area contributed by atoms with E-state index in [0.717, 1.165) is 0 Å². The van der Waals surface area contributed by atoms with E-state index in [9.17, 15) is 23.1 Å². The fourth-order valence-electron chi connectivity index (χ4n) is 2.31. The summed E-state index contributed by atoms with van der Waals surface area (Å²) in [4.78, 5) is 13.3. The number of alkyl halides is 3. The molecule has 0 radical (unpaired) electrons. The van der Waals surface area contributed by atoms with E-state index in [1.807, 2.05) is 0 Å². The van der Waals surface area contributed by atoms with Gasteiger partial charge in [-0.1, -0.05) is 12.1 Å². The molecule has 4 nitrogen and oxygen atoms in total. The molecule has 0 unspecified atom stereocenters. The summed E-state index contributed by atoms with van der Waals surface area (Å²) in [5.74, 6) is -0.204. The molecule has 0 spiro atoms. The molecule has 21 heavy (non-hydrogen) atoms. The van der Waals surface area contributed by atoms with Gasteiger partial charge in [0.15, 0.2) is 5.60 Å². The predicted molar refractivity (Wildman–Crippen MR) is 68.6 cm³/mol. The average Bonchev–Trinajstić information content (AvgIpc) is 2.41. The van der Waals surface area contributed by atoms with Crippen LogP contribution in [0.3, 0.4) is 0 Å². The van der Waals surface area contributed by atoms with E-state index >= 15 is 0 Å². The number of piperidine rings is 1. The number of halogens is 3. The summed E-state index contributed by atoms with van der Waals surface area (Å²) in [6, 6.07) is 6.06. The largest absolute Gasteiger partial charge is 0.508 e. The number of rotatable bonds is 2. The Bertz CT molecular complexity index is 505. The number of likely N-dealkylation sites (tertiary alicyclic amines) is 1. The van der Waals surface area contributed by atoms with Crippen molar-refractivity contribution in [2.45, 2.75) is 31.0 Å². The molecular weight excluding hydrogens is 287 g/mol. The summed E-state index contributed by atoms with van der Waals surface area (Å²) in [5, 5.41) is 18.7. The highest BCUT2D eigenvalue weighted by atomic mass is 19.4. The number of carbonyl (C=O) groups excluding carboxylic acids is 1. The molecule has 0 atom stereocenters. The molecule has 0 bridgehead atoms. The van der Waals surface area contributed by atoms with Gasteiger partial charge in [0.2, 0.25) is 5.91 Å². The molecule has 1 aliphatic heterocycles. The van der Waals surface area contributed by atoms with Crippen LogP contribution in [0.1, 0.15) is 18.4 Å². The second-order valence-corrected chi connectivity index (χ2v) is 5.25. The third kappa shape index (κ3) is 3.47.